The number of hydrogen-bond acceptors (Lipinski definition) is 5. The van der Waals surface area contributed by atoms with E-state index >= 15 is 0 Å². The van der Waals surface area contributed by atoms with E-state index in [-0.39, 0.29) is 12.0 Å². The van der Waals surface area contributed by atoms with Gasteiger partial charge >= 0.3 is 0 Å². The van der Waals surface area contributed by atoms with Gasteiger partial charge in [-0.1, -0.05) is 18.6 Å². The molecule has 174 valence electrons. The predicted octanol–water partition coefficient (Wildman–Crippen LogP) is 4.25. The van der Waals surface area contributed by atoms with E-state index in [2.05, 4.69) is 4.90 Å². The molecule has 6 heteroatoms. The molecule has 4 aliphatic rings. The molecule has 6 nitrogen and oxygen atoms in total. The number of amides is 1. The Balaban J connectivity index is 1.31. The van der Waals surface area contributed by atoms with Crippen LogP contribution in [0.5, 0.6) is 11.5 Å². The second-order valence-corrected chi connectivity index (χ2v) is 10.2. The minimum Gasteiger partial charge on any atom is -0.497 e. The lowest BCUT2D eigenvalue weighted by molar-refractivity contribution is -0.126. The number of carbonyl (C=O) groups excluding carboxylic acids is 1. The highest BCUT2D eigenvalue weighted by molar-refractivity contribution is 6.10. The molecule has 2 aliphatic heterocycles. The highest BCUT2D eigenvalue weighted by Crippen LogP contribution is 2.57. The van der Waals surface area contributed by atoms with E-state index in [9.17, 15) is 4.79 Å². The molecule has 0 radical (unpaired) electrons. The van der Waals surface area contributed by atoms with Gasteiger partial charge < -0.3 is 25.0 Å². The third kappa shape index (κ3) is 3.55. The maximum absolute atomic E-state index is 13.8. The van der Waals surface area contributed by atoms with Crippen LogP contribution in [0.2, 0.25) is 0 Å². The first-order chi connectivity index (χ1) is 16.1. The van der Waals surface area contributed by atoms with Gasteiger partial charge in [0.25, 0.3) is 0 Å². The first-order valence-corrected chi connectivity index (χ1v) is 12.4. The summed E-state index contributed by atoms with van der Waals surface area (Å²) in [6.07, 6.45) is 7.77. The summed E-state index contributed by atoms with van der Waals surface area (Å²) in [5.74, 6) is 1.79. The molecule has 1 amide bonds. The molecule has 2 saturated carbocycles. The first-order valence-electron chi connectivity index (χ1n) is 12.4. The van der Waals surface area contributed by atoms with Crippen LogP contribution in [-0.2, 0) is 16.8 Å². The Morgan fingerprint density at radius 1 is 1.06 bits per heavy atom. The van der Waals surface area contributed by atoms with Gasteiger partial charge in [-0.05, 0) is 67.9 Å². The summed E-state index contributed by atoms with van der Waals surface area (Å²) in [7, 11) is 1.67. The average molecular weight is 448 g/mol. The van der Waals surface area contributed by atoms with Crippen LogP contribution in [0.3, 0.4) is 0 Å². The number of rotatable bonds is 6. The number of anilines is 2. The molecule has 2 heterocycles. The lowest BCUT2D eigenvalue weighted by Crippen LogP contribution is -2.44. The first kappa shape index (κ1) is 20.8. The molecule has 3 fully saturated rings. The van der Waals surface area contributed by atoms with Crippen molar-refractivity contribution >= 4 is 17.3 Å². The Morgan fingerprint density at radius 2 is 1.79 bits per heavy atom. The minimum atomic E-state index is -0.426. The predicted molar refractivity (Wildman–Crippen MR) is 129 cm³/mol. The van der Waals surface area contributed by atoms with Crippen LogP contribution in [0.15, 0.2) is 36.4 Å². The summed E-state index contributed by atoms with van der Waals surface area (Å²) in [6.45, 7) is 2.72. The van der Waals surface area contributed by atoms with Crippen molar-refractivity contribution in [3.8, 4) is 11.5 Å². The summed E-state index contributed by atoms with van der Waals surface area (Å²) in [5, 5.41) is 0. The molecule has 2 aliphatic carbocycles. The van der Waals surface area contributed by atoms with Gasteiger partial charge in [-0.2, -0.15) is 0 Å². The van der Waals surface area contributed by atoms with Crippen LogP contribution in [0.25, 0.3) is 0 Å². The van der Waals surface area contributed by atoms with E-state index in [1.807, 2.05) is 41.3 Å². The number of ether oxygens (including phenoxy) is 2. The van der Waals surface area contributed by atoms with Crippen molar-refractivity contribution in [1.29, 1.82) is 0 Å². The Hall–Kier alpha value is -2.73. The van der Waals surface area contributed by atoms with Gasteiger partial charge in [0, 0.05) is 30.9 Å². The van der Waals surface area contributed by atoms with Crippen molar-refractivity contribution in [1.82, 2.24) is 4.90 Å². The third-order valence-electron chi connectivity index (χ3n) is 8.08. The summed E-state index contributed by atoms with van der Waals surface area (Å²) in [6, 6.07) is 12.7. The Kier molecular flexibility index (Phi) is 5.02. The summed E-state index contributed by atoms with van der Waals surface area (Å²) in [5.41, 5.74) is 9.69. The molecule has 2 N–H and O–H groups in total. The fourth-order valence-electron chi connectivity index (χ4n) is 5.89. The van der Waals surface area contributed by atoms with Crippen LogP contribution in [0.1, 0.15) is 56.1 Å². The normalized spacial score (nSPS) is 22.3. The molecule has 1 spiro atoms. The Morgan fingerprint density at radius 3 is 2.39 bits per heavy atom. The Bertz CT molecular complexity index is 1050. The second kappa shape index (κ2) is 7.94. The molecular formula is C27H33N3O3. The van der Waals surface area contributed by atoms with Crippen molar-refractivity contribution in [2.75, 3.05) is 30.8 Å². The highest BCUT2D eigenvalue weighted by atomic mass is 16.5. The largest absolute Gasteiger partial charge is 0.497 e. The molecule has 1 saturated heterocycles. The topological polar surface area (TPSA) is 68.0 Å². The van der Waals surface area contributed by atoms with E-state index in [0.717, 1.165) is 79.5 Å². The number of fused-ring (bicyclic) bond motifs is 2. The average Bonchev–Trinajstić information content (AvgIpc) is 3.60. The quantitative estimate of drug-likeness (QED) is 0.671. The third-order valence-corrected chi connectivity index (χ3v) is 8.08. The van der Waals surface area contributed by atoms with Crippen molar-refractivity contribution in [2.45, 2.75) is 69.1 Å². The summed E-state index contributed by atoms with van der Waals surface area (Å²) >= 11 is 0. The zero-order valence-electron chi connectivity index (χ0n) is 19.4. The van der Waals surface area contributed by atoms with Crippen LogP contribution < -0.4 is 20.1 Å². The minimum absolute atomic E-state index is 0.168. The molecule has 33 heavy (non-hydrogen) atoms. The summed E-state index contributed by atoms with van der Waals surface area (Å²) in [4.78, 5) is 18.3. The smallest absolute Gasteiger partial charge is 0.238 e. The molecule has 2 aromatic rings. The van der Waals surface area contributed by atoms with Crippen LogP contribution >= 0.6 is 0 Å². The number of likely N-dealkylation sites (tertiary alicyclic amines) is 1. The molecule has 6 rings (SSSR count). The molecule has 0 unspecified atom stereocenters. The number of methoxy groups -OCH3 is 1. The number of benzene rings is 2. The maximum Gasteiger partial charge on any atom is 0.238 e. The standard InChI is InChI=1S/C27H33N3O3/c1-32-21-7-3-18(4-8-21)17-30-25-23(27(26(30)31)11-2-12-27)15-19(28)16-24(25)33-22-9-13-29(14-10-22)20-5-6-20/h3-4,7-8,15-16,20,22H,2,5-6,9-14,17,28H2,1H3. The fraction of sp³-hybridized carbons (Fsp3) is 0.519. The number of nitrogens with two attached hydrogens (primary N) is 1. The lowest BCUT2D eigenvalue weighted by Gasteiger charge is -2.37. The number of piperidine rings is 1. The van der Waals surface area contributed by atoms with E-state index in [0.29, 0.717) is 12.2 Å². The van der Waals surface area contributed by atoms with Crippen LogP contribution in [0, 0.1) is 0 Å². The van der Waals surface area contributed by atoms with Gasteiger partial charge in [0.15, 0.2) is 0 Å². The van der Waals surface area contributed by atoms with Gasteiger partial charge in [-0.3, -0.25) is 4.79 Å². The van der Waals surface area contributed by atoms with E-state index in [1.54, 1.807) is 7.11 Å². The van der Waals surface area contributed by atoms with Gasteiger partial charge in [0.1, 0.15) is 17.6 Å². The van der Waals surface area contributed by atoms with Crippen molar-refractivity contribution in [3.63, 3.8) is 0 Å². The van der Waals surface area contributed by atoms with Gasteiger partial charge in [0.05, 0.1) is 24.8 Å². The van der Waals surface area contributed by atoms with Gasteiger partial charge in [0.2, 0.25) is 5.91 Å². The zero-order valence-corrected chi connectivity index (χ0v) is 19.4. The monoisotopic (exact) mass is 447 g/mol. The second-order valence-electron chi connectivity index (χ2n) is 10.2. The van der Waals surface area contributed by atoms with Gasteiger partial charge in [-0.15, -0.1) is 0 Å². The number of nitrogens with zero attached hydrogens (tertiary/aromatic N) is 2. The number of hydrogen-bond donors (Lipinski definition) is 1. The van der Waals surface area contributed by atoms with Crippen LogP contribution in [-0.4, -0.2) is 43.2 Å². The number of nitrogen functional groups attached to an aromatic ring is 1. The van der Waals surface area contributed by atoms with Crippen LogP contribution in [0.4, 0.5) is 11.4 Å². The molecule has 0 bridgehead atoms. The molecular weight excluding hydrogens is 414 g/mol. The fourth-order valence-corrected chi connectivity index (χ4v) is 5.89. The zero-order chi connectivity index (χ0) is 22.6. The van der Waals surface area contributed by atoms with Gasteiger partial charge in [-0.25, -0.2) is 0 Å². The highest BCUT2D eigenvalue weighted by Gasteiger charge is 2.55. The van der Waals surface area contributed by atoms with E-state index in [4.69, 9.17) is 15.2 Å². The SMILES string of the molecule is COc1ccc(CN2C(=O)C3(CCC3)c3cc(N)cc(OC4CCN(C5CC5)CC4)c32)cc1. The Labute approximate surface area is 195 Å². The molecule has 0 atom stereocenters. The number of carbonyl (C=O) groups is 1. The lowest BCUT2D eigenvalue weighted by atomic mass is 9.65. The van der Waals surface area contributed by atoms with E-state index in [1.165, 1.54) is 12.8 Å². The van der Waals surface area contributed by atoms with E-state index < -0.39 is 5.41 Å². The maximum atomic E-state index is 13.8. The van der Waals surface area contributed by atoms with Crippen molar-refractivity contribution < 1.29 is 14.3 Å². The summed E-state index contributed by atoms with van der Waals surface area (Å²) < 4.78 is 11.9. The van der Waals surface area contributed by atoms with Crippen molar-refractivity contribution in [3.05, 3.63) is 47.5 Å². The molecule has 2 aromatic carbocycles. The molecule has 0 aromatic heterocycles. The van der Waals surface area contributed by atoms with Crippen molar-refractivity contribution in [2.24, 2.45) is 0 Å².